The molecule has 0 saturated carbocycles. The fourth-order valence-corrected chi connectivity index (χ4v) is 1.02. The van der Waals surface area contributed by atoms with Gasteiger partial charge < -0.3 is 9.84 Å². The van der Waals surface area contributed by atoms with Crippen LogP contribution in [0.2, 0.25) is 0 Å². The van der Waals surface area contributed by atoms with Crippen LogP contribution < -0.4 is 0 Å². The molecule has 0 saturated heterocycles. The predicted octanol–water partition coefficient (Wildman–Crippen LogP) is 2.22. The zero-order valence-electron chi connectivity index (χ0n) is 8.54. The summed E-state index contributed by atoms with van der Waals surface area (Å²) in [6, 6.07) is 0. The van der Waals surface area contributed by atoms with Crippen molar-refractivity contribution >= 4 is 5.97 Å². The van der Waals surface area contributed by atoms with E-state index < -0.39 is 5.97 Å². The first-order valence-corrected chi connectivity index (χ1v) is 4.58. The van der Waals surface area contributed by atoms with Gasteiger partial charge in [0.25, 0.3) is 0 Å². The van der Waals surface area contributed by atoms with E-state index >= 15 is 0 Å². The van der Waals surface area contributed by atoms with Gasteiger partial charge in [-0.25, -0.2) is 4.79 Å². The third kappa shape index (κ3) is 7.53. The summed E-state index contributed by atoms with van der Waals surface area (Å²) in [7, 11) is 0. The Labute approximate surface area is 79.4 Å². The maximum absolute atomic E-state index is 10.2. The molecular weight excluding hydrogens is 168 g/mol. The van der Waals surface area contributed by atoms with Crippen molar-refractivity contribution in [1.82, 2.24) is 0 Å². The van der Waals surface area contributed by atoms with Crippen molar-refractivity contribution < 1.29 is 14.6 Å². The Kier molecular flexibility index (Phi) is 6.24. The van der Waals surface area contributed by atoms with E-state index in [1.54, 1.807) is 6.92 Å². The van der Waals surface area contributed by atoms with Crippen LogP contribution in [0.25, 0.3) is 0 Å². The summed E-state index contributed by atoms with van der Waals surface area (Å²) in [5.41, 5.74) is 0.746. The number of hydrogen-bond acceptors (Lipinski definition) is 2. The Balaban J connectivity index is 3.69. The average Bonchev–Trinajstić information content (AvgIpc) is 2.00. The molecule has 0 fully saturated rings. The molecular formula is C10H18O3. The molecule has 76 valence electrons. The van der Waals surface area contributed by atoms with Crippen LogP contribution >= 0.6 is 0 Å². The summed E-state index contributed by atoms with van der Waals surface area (Å²) in [6.07, 6.45) is 3.49. The van der Waals surface area contributed by atoms with E-state index in [4.69, 9.17) is 9.84 Å². The summed E-state index contributed by atoms with van der Waals surface area (Å²) >= 11 is 0. The van der Waals surface area contributed by atoms with Gasteiger partial charge in [0.05, 0.1) is 12.7 Å². The van der Waals surface area contributed by atoms with Gasteiger partial charge in [-0.3, -0.25) is 0 Å². The summed E-state index contributed by atoms with van der Waals surface area (Å²) in [5.74, 6) is -0.913. The van der Waals surface area contributed by atoms with Crippen LogP contribution in [0.15, 0.2) is 11.6 Å². The summed E-state index contributed by atoms with van der Waals surface area (Å²) in [6.45, 7) is 6.26. The zero-order valence-corrected chi connectivity index (χ0v) is 8.54. The Bertz CT molecular complexity index is 185. The minimum atomic E-state index is -0.913. The first kappa shape index (κ1) is 12.2. The second-order valence-electron chi connectivity index (χ2n) is 3.24. The molecule has 1 N–H and O–H groups in total. The fraction of sp³-hybridized carbons (Fsp3) is 0.700. The summed E-state index contributed by atoms with van der Waals surface area (Å²) < 4.78 is 5.41. The van der Waals surface area contributed by atoms with Crippen molar-refractivity contribution in [2.24, 2.45) is 0 Å². The van der Waals surface area contributed by atoms with Gasteiger partial charge in [-0.05, 0) is 25.8 Å². The normalized spacial score (nSPS) is 14.2. The highest BCUT2D eigenvalue weighted by atomic mass is 16.5. The number of ether oxygens (including phenoxy) is 1. The van der Waals surface area contributed by atoms with Gasteiger partial charge in [0.15, 0.2) is 0 Å². The topological polar surface area (TPSA) is 46.5 Å². The Hall–Kier alpha value is -0.830. The van der Waals surface area contributed by atoms with Crippen molar-refractivity contribution in [1.29, 1.82) is 0 Å². The number of carboxylic acid groups (broad SMARTS) is 1. The van der Waals surface area contributed by atoms with Crippen LogP contribution in [0, 0.1) is 0 Å². The van der Waals surface area contributed by atoms with Gasteiger partial charge in [0, 0.05) is 6.08 Å². The molecule has 3 nitrogen and oxygen atoms in total. The van der Waals surface area contributed by atoms with Crippen LogP contribution in [-0.4, -0.2) is 23.8 Å². The number of aliphatic carboxylic acids is 1. The van der Waals surface area contributed by atoms with Crippen molar-refractivity contribution in [3.63, 3.8) is 0 Å². The van der Waals surface area contributed by atoms with E-state index in [1.807, 2.05) is 6.92 Å². The van der Waals surface area contributed by atoms with E-state index in [-0.39, 0.29) is 6.10 Å². The number of rotatable bonds is 6. The monoisotopic (exact) mass is 186 g/mol. The highest BCUT2D eigenvalue weighted by molar-refractivity contribution is 5.80. The third-order valence-corrected chi connectivity index (χ3v) is 1.66. The quantitative estimate of drug-likeness (QED) is 0.647. The number of carboxylic acids is 1. The molecule has 0 aliphatic rings. The molecule has 3 heteroatoms. The molecule has 0 amide bonds. The molecule has 0 radical (unpaired) electrons. The van der Waals surface area contributed by atoms with E-state index in [1.165, 1.54) is 6.08 Å². The minimum Gasteiger partial charge on any atom is -0.478 e. The van der Waals surface area contributed by atoms with Crippen LogP contribution in [0.1, 0.15) is 33.6 Å². The van der Waals surface area contributed by atoms with Crippen molar-refractivity contribution in [3.05, 3.63) is 11.6 Å². The molecule has 0 rings (SSSR count). The van der Waals surface area contributed by atoms with Crippen molar-refractivity contribution in [2.45, 2.75) is 39.7 Å². The van der Waals surface area contributed by atoms with E-state index in [0.717, 1.165) is 18.4 Å². The standard InChI is InChI=1S/C10H18O3/c1-4-5-9(3)13-7-8(2)6-10(11)12/h6,9H,4-5,7H2,1-3H3,(H,11,12). The molecule has 13 heavy (non-hydrogen) atoms. The molecule has 0 aromatic rings. The molecule has 0 aliphatic carbocycles. The predicted molar refractivity (Wildman–Crippen MR) is 51.7 cm³/mol. The van der Waals surface area contributed by atoms with Gasteiger partial charge in [-0.15, -0.1) is 0 Å². The van der Waals surface area contributed by atoms with Crippen LogP contribution in [-0.2, 0) is 9.53 Å². The lowest BCUT2D eigenvalue weighted by Crippen LogP contribution is -2.09. The average molecular weight is 186 g/mol. The van der Waals surface area contributed by atoms with Gasteiger partial charge in [-0.2, -0.15) is 0 Å². The molecule has 1 atom stereocenters. The van der Waals surface area contributed by atoms with E-state index in [9.17, 15) is 4.79 Å². The SMILES string of the molecule is CCCC(C)OCC(C)=CC(=O)O. The smallest absolute Gasteiger partial charge is 0.328 e. The lowest BCUT2D eigenvalue weighted by Gasteiger charge is -2.11. The maximum atomic E-state index is 10.2. The van der Waals surface area contributed by atoms with Crippen LogP contribution in [0.4, 0.5) is 0 Å². The van der Waals surface area contributed by atoms with Gasteiger partial charge >= 0.3 is 5.97 Å². The summed E-state index contributed by atoms with van der Waals surface area (Å²) in [4.78, 5) is 10.2. The largest absolute Gasteiger partial charge is 0.478 e. The van der Waals surface area contributed by atoms with E-state index in [2.05, 4.69) is 6.92 Å². The second kappa shape index (κ2) is 6.66. The maximum Gasteiger partial charge on any atom is 0.328 e. The van der Waals surface area contributed by atoms with Crippen LogP contribution in [0.3, 0.4) is 0 Å². The zero-order chi connectivity index (χ0) is 10.3. The Morgan fingerprint density at radius 2 is 2.23 bits per heavy atom. The number of hydrogen-bond donors (Lipinski definition) is 1. The molecule has 0 aromatic carbocycles. The van der Waals surface area contributed by atoms with Gasteiger partial charge in [0.2, 0.25) is 0 Å². The van der Waals surface area contributed by atoms with Crippen molar-refractivity contribution in [2.75, 3.05) is 6.61 Å². The molecule has 0 bridgehead atoms. The van der Waals surface area contributed by atoms with Gasteiger partial charge in [0.1, 0.15) is 0 Å². The molecule has 0 aliphatic heterocycles. The lowest BCUT2D eigenvalue weighted by molar-refractivity contribution is -0.131. The first-order valence-electron chi connectivity index (χ1n) is 4.58. The third-order valence-electron chi connectivity index (χ3n) is 1.66. The molecule has 0 heterocycles. The minimum absolute atomic E-state index is 0.210. The second-order valence-corrected chi connectivity index (χ2v) is 3.24. The van der Waals surface area contributed by atoms with Crippen LogP contribution in [0.5, 0.6) is 0 Å². The summed E-state index contributed by atoms with van der Waals surface area (Å²) in [5, 5.41) is 8.42. The molecule has 0 spiro atoms. The molecule has 0 aromatic heterocycles. The fourth-order valence-electron chi connectivity index (χ4n) is 1.02. The highest BCUT2D eigenvalue weighted by Gasteiger charge is 2.01. The van der Waals surface area contributed by atoms with Gasteiger partial charge in [-0.1, -0.05) is 13.3 Å². The van der Waals surface area contributed by atoms with E-state index in [0.29, 0.717) is 6.61 Å². The molecule has 1 unspecified atom stereocenters. The number of carbonyl (C=O) groups is 1. The Morgan fingerprint density at radius 3 is 2.69 bits per heavy atom. The first-order chi connectivity index (χ1) is 6.06. The Morgan fingerprint density at radius 1 is 1.62 bits per heavy atom. The highest BCUT2D eigenvalue weighted by Crippen LogP contribution is 2.03. The lowest BCUT2D eigenvalue weighted by atomic mass is 10.2. The van der Waals surface area contributed by atoms with Crippen molar-refractivity contribution in [3.8, 4) is 0 Å².